The molecular weight excluding hydrogens is 325 g/mol. The molecule has 0 saturated carbocycles. The first kappa shape index (κ1) is 17.6. The number of halogens is 3. The van der Waals surface area contributed by atoms with Gasteiger partial charge in [0.05, 0.1) is 10.5 Å². The standard InChI is InChI=1S/C16H15F3N2O3/c1-11-2-5-13(6-3-11)24-9-8-20-15-7-4-12(21(22)23)10-14(15)16(17,18)19/h2-7,10,20H,8-9H2,1H3. The van der Waals surface area contributed by atoms with E-state index in [4.69, 9.17) is 4.74 Å². The molecule has 0 spiro atoms. The third-order valence-corrected chi connectivity index (χ3v) is 3.23. The molecule has 8 heteroatoms. The fraction of sp³-hybridized carbons (Fsp3) is 0.250. The van der Waals surface area contributed by atoms with E-state index in [0.29, 0.717) is 11.8 Å². The molecule has 5 nitrogen and oxygen atoms in total. The van der Waals surface area contributed by atoms with Gasteiger partial charge in [-0.05, 0) is 25.1 Å². The zero-order valence-electron chi connectivity index (χ0n) is 12.8. The molecule has 0 aliphatic heterocycles. The van der Waals surface area contributed by atoms with Gasteiger partial charge in [0.15, 0.2) is 0 Å². The molecular formula is C16H15F3N2O3. The summed E-state index contributed by atoms with van der Waals surface area (Å²) in [6.45, 7) is 2.20. The van der Waals surface area contributed by atoms with Gasteiger partial charge in [-0.25, -0.2) is 0 Å². The smallest absolute Gasteiger partial charge is 0.418 e. The van der Waals surface area contributed by atoms with Crippen LogP contribution in [0.15, 0.2) is 42.5 Å². The van der Waals surface area contributed by atoms with Crippen molar-refractivity contribution in [2.24, 2.45) is 0 Å². The Labute approximate surface area is 136 Å². The third-order valence-electron chi connectivity index (χ3n) is 3.23. The number of hydrogen-bond acceptors (Lipinski definition) is 4. The van der Waals surface area contributed by atoms with Gasteiger partial charge in [-0.15, -0.1) is 0 Å². The molecule has 0 unspecified atom stereocenters. The summed E-state index contributed by atoms with van der Waals surface area (Å²) in [5, 5.41) is 13.2. The number of ether oxygens (including phenoxy) is 1. The molecule has 0 heterocycles. The monoisotopic (exact) mass is 340 g/mol. The van der Waals surface area contributed by atoms with Crippen LogP contribution in [-0.2, 0) is 6.18 Å². The van der Waals surface area contributed by atoms with Crippen LogP contribution in [-0.4, -0.2) is 18.1 Å². The lowest BCUT2D eigenvalue weighted by atomic mass is 10.1. The summed E-state index contributed by atoms with van der Waals surface area (Å²) in [4.78, 5) is 9.77. The SMILES string of the molecule is Cc1ccc(OCCNc2ccc([N+](=O)[O-])cc2C(F)(F)F)cc1. The van der Waals surface area contributed by atoms with E-state index in [1.807, 2.05) is 19.1 Å². The summed E-state index contributed by atoms with van der Waals surface area (Å²) in [6, 6.07) is 9.85. The Bertz CT molecular complexity index is 715. The van der Waals surface area contributed by atoms with Gasteiger partial charge >= 0.3 is 6.18 Å². The molecule has 0 amide bonds. The Morgan fingerprint density at radius 1 is 1.17 bits per heavy atom. The second-order valence-electron chi connectivity index (χ2n) is 5.07. The van der Waals surface area contributed by atoms with Crippen LogP contribution in [0, 0.1) is 17.0 Å². The number of nitro benzene ring substituents is 1. The van der Waals surface area contributed by atoms with Crippen molar-refractivity contribution in [3.8, 4) is 5.75 Å². The van der Waals surface area contributed by atoms with Gasteiger partial charge in [0.2, 0.25) is 0 Å². The Morgan fingerprint density at radius 2 is 1.83 bits per heavy atom. The number of nitro groups is 1. The van der Waals surface area contributed by atoms with E-state index in [0.717, 1.165) is 17.7 Å². The van der Waals surface area contributed by atoms with Crippen molar-refractivity contribution in [1.29, 1.82) is 0 Å². The number of alkyl halides is 3. The van der Waals surface area contributed by atoms with Crippen molar-refractivity contribution in [2.45, 2.75) is 13.1 Å². The molecule has 0 aromatic heterocycles. The topological polar surface area (TPSA) is 64.4 Å². The molecule has 1 N–H and O–H groups in total. The van der Waals surface area contributed by atoms with Gasteiger partial charge in [-0.1, -0.05) is 17.7 Å². The summed E-state index contributed by atoms with van der Waals surface area (Å²) in [5.41, 5.74) is -0.836. The van der Waals surface area contributed by atoms with E-state index in [1.54, 1.807) is 12.1 Å². The van der Waals surface area contributed by atoms with Crippen molar-refractivity contribution in [3.63, 3.8) is 0 Å². The fourth-order valence-electron chi connectivity index (χ4n) is 2.02. The minimum atomic E-state index is -4.69. The maximum Gasteiger partial charge on any atom is 0.418 e. The molecule has 0 aliphatic carbocycles. The normalized spacial score (nSPS) is 11.2. The summed E-state index contributed by atoms with van der Waals surface area (Å²) in [7, 11) is 0. The molecule has 24 heavy (non-hydrogen) atoms. The Morgan fingerprint density at radius 3 is 2.42 bits per heavy atom. The van der Waals surface area contributed by atoms with E-state index in [2.05, 4.69) is 5.32 Å². The molecule has 0 atom stereocenters. The quantitative estimate of drug-likeness (QED) is 0.480. The highest BCUT2D eigenvalue weighted by Crippen LogP contribution is 2.36. The highest BCUT2D eigenvalue weighted by Gasteiger charge is 2.35. The van der Waals surface area contributed by atoms with E-state index in [1.165, 1.54) is 0 Å². The van der Waals surface area contributed by atoms with Gasteiger partial charge in [-0.3, -0.25) is 10.1 Å². The summed E-state index contributed by atoms with van der Waals surface area (Å²) >= 11 is 0. The van der Waals surface area contributed by atoms with Gasteiger partial charge in [0.1, 0.15) is 12.4 Å². The average molecular weight is 340 g/mol. The summed E-state index contributed by atoms with van der Waals surface area (Å²) in [5.74, 6) is 0.613. The Kier molecular flexibility index (Phi) is 5.28. The number of anilines is 1. The number of benzene rings is 2. The molecule has 0 radical (unpaired) electrons. The maximum atomic E-state index is 13.0. The maximum absolute atomic E-state index is 13.0. The van der Waals surface area contributed by atoms with Crippen LogP contribution in [0.25, 0.3) is 0 Å². The summed E-state index contributed by atoms with van der Waals surface area (Å²) < 4.78 is 44.4. The van der Waals surface area contributed by atoms with Gasteiger partial charge in [-0.2, -0.15) is 13.2 Å². The Balaban J connectivity index is 2.01. The number of non-ortho nitro benzene ring substituents is 1. The van der Waals surface area contributed by atoms with Crippen LogP contribution in [0.3, 0.4) is 0 Å². The van der Waals surface area contributed by atoms with Crippen LogP contribution in [0.5, 0.6) is 5.75 Å². The predicted molar refractivity (Wildman–Crippen MR) is 83.3 cm³/mol. The lowest BCUT2D eigenvalue weighted by Gasteiger charge is -2.14. The minimum absolute atomic E-state index is 0.120. The van der Waals surface area contributed by atoms with E-state index in [-0.39, 0.29) is 18.8 Å². The predicted octanol–water partition coefficient (Wildman–Crippen LogP) is 4.41. The fourth-order valence-corrected chi connectivity index (χ4v) is 2.02. The molecule has 0 aliphatic rings. The Hall–Kier alpha value is -2.77. The highest BCUT2D eigenvalue weighted by atomic mass is 19.4. The van der Waals surface area contributed by atoms with Crippen molar-refractivity contribution in [2.75, 3.05) is 18.5 Å². The first-order valence-corrected chi connectivity index (χ1v) is 7.06. The second kappa shape index (κ2) is 7.20. The third kappa shape index (κ3) is 4.61. The first-order chi connectivity index (χ1) is 11.3. The van der Waals surface area contributed by atoms with Gasteiger partial charge in [0, 0.05) is 24.4 Å². The van der Waals surface area contributed by atoms with Crippen LogP contribution < -0.4 is 10.1 Å². The molecule has 0 fully saturated rings. The molecule has 0 bridgehead atoms. The van der Waals surface area contributed by atoms with Crippen molar-refractivity contribution >= 4 is 11.4 Å². The number of rotatable bonds is 6. The van der Waals surface area contributed by atoms with Crippen LogP contribution >= 0.6 is 0 Å². The number of nitrogens with zero attached hydrogens (tertiary/aromatic N) is 1. The van der Waals surface area contributed by atoms with E-state index >= 15 is 0 Å². The van der Waals surface area contributed by atoms with Crippen LogP contribution in [0.1, 0.15) is 11.1 Å². The zero-order chi connectivity index (χ0) is 17.7. The van der Waals surface area contributed by atoms with Crippen molar-refractivity contribution < 1.29 is 22.8 Å². The second-order valence-corrected chi connectivity index (χ2v) is 5.07. The van der Waals surface area contributed by atoms with Crippen LogP contribution in [0.4, 0.5) is 24.5 Å². The lowest BCUT2D eigenvalue weighted by molar-refractivity contribution is -0.385. The van der Waals surface area contributed by atoms with E-state index in [9.17, 15) is 23.3 Å². The lowest BCUT2D eigenvalue weighted by Crippen LogP contribution is -2.16. The molecule has 128 valence electrons. The molecule has 2 rings (SSSR count). The van der Waals surface area contributed by atoms with Crippen molar-refractivity contribution in [1.82, 2.24) is 0 Å². The van der Waals surface area contributed by atoms with Gasteiger partial charge < -0.3 is 10.1 Å². The number of hydrogen-bond donors (Lipinski definition) is 1. The number of nitrogens with one attached hydrogen (secondary N) is 1. The van der Waals surface area contributed by atoms with E-state index < -0.39 is 22.4 Å². The van der Waals surface area contributed by atoms with Crippen molar-refractivity contribution in [3.05, 3.63) is 63.7 Å². The van der Waals surface area contributed by atoms with Crippen LogP contribution in [0.2, 0.25) is 0 Å². The zero-order valence-corrected chi connectivity index (χ0v) is 12.8. The van der Waals surface area contributed by atoms with Gasteiger partial charge in [0.25, 0.3) is 5.69 Å². The minimum Gasteiger partial charge on any atom is -0.492 e. The molecule has 0 saturated heterocycles. The average Bonchev–Trinajstić information content (AvgIpc) is 2.52. The highest BCUT2D eigenvalue weighted by molar-refractivity contribution is 5.57. The first-order valence-electron chi connectivity index (χ1n) is 7.06. The summed E-state index contributed by atoms with van der Waals surface area (Å²) in [6.07, 6.45) is -4.69. The molecule has 2 aromatic rings. The number of aryl methyl sites for hydroxylation is 1. The largest absolute Gasteiger partial charge is 0.492 e. The molecule has 2 aromatic carbocycles.